The van der Waals surface area contributed by atoms with Gasteiger partial charge in [0.1, 0.15) is 11.7 Å². The zero-order chi connectivity index (χ0) is 11.0. The Kier molecular flexibility index (Phi) is 2.09. The highest BCUT2D eigenvalue weighted by molar-refractivity contribution is 5.91. The van der Waals surface area contributed by atoms with Gasteiger partial charge in [-0.15, -0.1) is 0 Å². The van der Waals surface area contributed by atoms with E-state index in [9.17, 15) is 0 Å². The molecule has 15 heavy (non-hydrogen) atoms. The van der Waals surface area contributed by atoms with Crippen LogP contribution < -0.4 is 4.90 Å². The van der Waals surface area contributed by atoms with Crippen molar-refractivity contribution in [3.8, 4) is 6.07 Å². The van der Waals surface area contributed by atoms with E-state index in [1.807, 2.05) is 42.9 Å². The summed E-state index contributed by atoms with van der Waals surface area (Å²) in [5.41, 5.74) is 2.58. The fourth-order valence-electron chi connectivity index (χ4n) is 1.66. The van der Waals surface area contributed by atoms with Gasteiger partial charge in [0.2, 0.25) is 0 Å². The van der Waals surface area contributed by atoms with Crippen LogP contribution in [0, 0.1) is 11.3 Å². The maximum Gasteiger partial charge on any atom is 0.141 e. The van der Waals surface area contributed by atoms with E-state index in [0.29, 0.717) is 5.56 Å². The molecule has 2 aromatic rings. The Labute approximate surface area is 88.4 Å². The molecule has 0 aliphatic heterocycles. The van der Waals surface area contributed by atoms with Gasteiger partial charge in [0.15, 0.2) is 0 Å². The lowest BCUT2D eigenvalue weighted by Gasteiger charge is -2.09. The molecule has 0 aromatic carbocycles. The smallest absolute Gasteiger partial charge is 0.141 e. The van der Waals surface area contributed by atoms with Gasteiger partial charge >= 0.3 is 0 Å². The zero-order valence-corrected chi connectivity index (χ0v) is 9.02. The summed E-state index contributed by atoms with van der Waals surface area (Å²) in [6.07, 6.45) is 3.61. The van der Waals surface area contributed by atoms with Gasteiger partial charge < -0.3 is 9.47 Å². The molecule has 76 valence electrons. The molecule has 2 heterocycles. The van der Waals surface area contributed by atoms with Crippen LogP contribution in [0.1, 0.15) is 5.56 Å². The monoisotopic (exact) mass is 200 g/mol. The minimum absolute atomic E-state index is 0.594. The zero-order valence-electron chi connectivity index (χ0n) is 9.02. The number of aryl methyl sites for hydroxylation is 1. The Balaban J connectivity index is 2.79. The van der Waals surface area contributed by atoms with Gasteiger partial charge in [0.25, 0.3) is 0 Å². The number of hydrogen-bond donors (Lipinski definition) is 0. The molecule has 0 spiro atoms. The van der Waals surface area contributed by atoms with Crippen molar-refractivity contribution in [1.29, 1.82) is 5.26 Å². The third-order valence-corrected chi connectivity index (χ3v) is 2.40. The fourth-order valence-corrected chi connectivity index (χ4v) is 1.66. The summed E-state index contributed by atoms with van der Waals surface area (Å²) >= 11 is 0. The highest BCUT2D eigenvalue weighted by atomic mass is 15.1. The highest BCUT2D eigenvalue weighted by Gasteiger charge is 2.09. The molecule has 0 fully saturated rings. The van der Waals surface area contributed by atoms with Crippen molar-refractivity contribution in [3.63, 3.8) is 0 Å². The van der Waals surface area contributed by atoms with Crippen molar-refractivity contribution < 1.29 is 0 Å². The average molecular weight is 200 g/mol. The van der Waals surface area contributed by atoms with E-state index in [0.717, 1.165) is 16.7 Å². The van der Waals surface area contributed by atoms with Crippen LogP contribution in [0.4, 0.5) is 5.69 Å². The van der Waals surface area contributed by atoms with Crippen LogP contribution in [0.5, 0.6) is 0 Å². The molecule has 4 heteroatoms. The molecule has 0 amide bonds. The lowest BCUT2D eigenvalue weighted by molar-refractivity contribution is 0.943. The standard InChI is InChI=1S/C11H12N4/c1-14(2)10-7-15(3)11-9(10)4-8(5-12)6-13-11/h4,6-7H,1-3H3. The first-order valence-corrected chi connectivity index (χ1v) is 4.66. The van der Waals surface area contributed by atoms with Gasteiger partial charge in [-0.25, -0.2) is 4.98 Å². The molecule has 0 unspecified atom stereocenters. The number of rotatable bonds is 1. The summed E-state index contributed by atoms with van der Waals surface area (Å²) in [6, 6.07) is 3.98. The summed E-state index contributed by atoms with van der Waals surface area (Å²) in [5.74, 6) is 0. The Morgan fingerprint density at radius 2 is 2.20 bits per heavy atom. The Morgan fingerprint density at radius 1 is 1.47 bits per heavy atom. The maximum absolute atomic E-state index is 8.82. The molecule has 0 saturated carbocycles. The lowest BCUT2D eigenvalue weighted by Crippen LogP contribution is -2.07. The summed E-state index contributed by atoms with van der Waals surface area (Å²) in [6.45, 7) is 0. The summed E-state index contributed by atoms with van der Waals surface area (Å²) in [5, 5.41) is 9.84. The normalized spacial score (nSPS) is 10.3. The van der Waals surface area contributed by atoms with Gasteiger partial charge in [-0.05, 0) is 6.07 Å². The van der Waals surface area contributed by atoms with Crippen LogP contribution in [0.3, 0.4) is 0 Å². The quantitative estimate of drug-likeness (QED) is 0.701. The number of nitrogens with zero attached hydrogens (tertiary/aromatic N) is 4. The van der Waals surface area contributed by atoms with E-state index >= 15 is 0 Å². The second kappa shape index (κ2) is 3.28. The molecule has 0 atom stereocenters. The third-order valence-electron chi connectivity index (χ3n) is 2.40. The van der Waals surface area contributed by atoms with Crippen molar-refractivity contribution in [3.05, 3.63) is 24.0 Å². The average Bonchev–Trinajstić information content (AvgIpc) is 2.56. The van der Waals surface area contributed by atoms with Crippen molar-refractivity contribution >= 4 is 16.7 Å². The van der Waals surface area contributed by atoms with E-state index in [1.54, 1.807) is 6.20 Å². The van der Waals surface area contributed by atoms with E-state index in [2.05, 4.69) is 11.1 Å². The number of nitriles is 1. The molecule has 4 nitrogen and oxygen atoms in total. The number of hydrogen-bond acceptors (Lipinski definition) is 3. The molecular weight excluding hydrogens is 188 g/mol. The van der Waals surface area contributed by atoms with E-state index in [1.165, 1.54) is 0 Å². The number of aromatic nitrogens is 2. The Morgan fingerprint density at radius 3 is 2.80 bits per heavy atom. The molecule has 0 bridgehead atoms. The second-order valence-electron chi connectivity index (χ2n) is 3.73. The molecule has 0 aliphatic rings. The van der Waals surface area contributed by atoms with Crippen molar-refractivity contribution in [2.75, 3.05) is 19.0 Å². The van der Waals surface area contributed by atoms with Crippen LogP contribution >= 0.6 is 0 Å². The molecule has 2 aromatic heterocycles. The molecular formula is C11H12N4. The van der Waals surface area contributed by atoms with Gasteiger partial charge in [0.05, 0.1) is 11.3 Å². The second-order valence-corrected chi connectivity index (χ2v) is 3.73. The number of pyridine rings is 1. The third kappa shape index (κ3) is 1.42. The van der Waals surface area contributed by atoms with E-state index in [4.69, 9.17) is 5.26 Å². The predicted octanol–water partition coefficient (Wildman–Crippen LogP) is 1.51. The van der Waals surface area contributed by atoms with Crippen molar-refractivity contribution in [2.24, 2.45) is 7.05 Å². The van der Waals surface area contributed by atoms with Crippen LogP contribution in [0.2, 0.25) is 0 Å². The molecule has 0 N–H and O–H groups in total. The first kappa shape index (κ1) is 9.53. The molecule has 0 radical (unpaired) electrons. The SMILES string of the molecule is CN(C)c1cn(C)c2ncc(C#N)cc12. The van der Waals surface area contributed by atoms with Gasteiger partial charge in [0, 0.05) is 38.9 Å². The first-order chi connectivity index (χ1) is 7.13. The first-order valence-electron chi connectivity index (χ1n) is 4.66. The fraction of sp³-hybridized carbons (Fsp3) is 0.273. The minimum Gasteiger partial charge on any atom is -0.376 e. The van der Waals surface area contributed by atoms with Gasteiger partial charge in [-0.2, -0.15) is 5.26 Å². The van der Waals surface area contributed by atoms with E-state index in [-0.39, 0.29) is 0 Å². The van der Waals surface area contributed by atoms with Crippen molar-refractivity contribution in [1.82, 2.24) is 9.55 Å². The van der Waals surface area contributed by atoms with Crippen LogP contribution in [0.15, 0.2) is 18.5 Å². The highest BCUT2D eigenvalue weighted by Crippen LogP contribution is 2.26. The molecule has 2 rings (SSSR count). The molecule has 0 aliphatic carbocycles. The Hall–Kier alpha value is -2.02. The summed E-state index contributed by atoms with van der Waals surface area (Å²) < 4.78 is 1.96. The van der Waals surface area contributed by atoms with E-state index < -0.39 is 0 Å². The Bertz CT molecular complexity index is 545. The lowest BCUT2D eigenvalue weighted by atomic mass is 10.2. The minimum atomic E-state index is 0.594. The van der Waals surface area contributed by atoms with Crippen LogP contribution in [-0.2, 0) is 7.05 Å². The summed E-state index contributed by atoms with van der Waals surface area (Å²) in [4.78, 5) is 6.29. The summed E-state index contributed by atoms with van der Waals surface area (Å²) in [7, 11) is 5.91. The largest absolute Gasteiger partial charge is 0.376 e. The van der Waals surface area contributed by atoms with Crippen LogP contribution in [-0.4, -0.2) is 23.6 Å². The topological polar surface area (TPSA) is 44.9 Å². The maximum atomic E-state index is 8.82. The number of anilines is 1. The van der Waals surface area contributed by atoms with Crippen molar-refractivity contribution in [2.45, 2.75) is 0 Å². The number of fused-ring (bicyclic) bond motifs is 1. The van der Waals surface area contributed by atoms with Crippen LogP contribution in [0.25, 0.3) is 11.0 Å². The molecule has 0 saturated heterocycles. The van der Waals surface area contributed by atoms with Gasteiger partial charge in [-0.3, -0.25) is 0 Å². The van der Waals surface area contributed by atoms with Gasteiger partial charge in [-0.1, -0.05) is 0 Å². The predicted molar refractivity (Wildman–Crippen MR) is 59.8 cm³/mol.